The lowest BCUT2D eigenvalue weighted by Crippen LogP contribution is -2.09. The lowest BCUT2D eigenvalue weighted by atomic mass is 10.1. The third kappa shape index (κ3) is 4.67. The quantitative estimate of drug-likeness (QED) is 0.236. The van der Waals surface area contributed by atoms with Crippen LogP contribution in [-0.4, -0.2) is 11.9 Å². The first-order chi connectivity index (χ1) is 15.1. The van der Waals surface area contributed by atoms with Gasteiger partial charge in [0.2, 0.25) is 0 Å². The Kier molecular flexibility index (Phi) is 5.85. The van der Waals surface area contributed by atoms with Gasteiger partial charge in [0.15, 0.2) is 0 Å². The summed E-state index contributed by atoms with van der Waals surface area (Å²) < 4.78 is 24.8. The molecular weight excluding hydrogens is 395 g/mol. The summed E-state index contributed by atoms with van der Waals surface area (Å²) in [4.78, 5) is 24.9. The van der Waals surface area contributed by atoms with E-state index in [4.69, 9.17) is 9.47 Å². The zero-order valence-electron chi connectivity index (χ0n) is 16.3. The maximum atomic E-state index is 13.7. The number of esters is 2. The molecule has 4 nitrogen and oxygen atoms in total. The van der Waals surface area contributed by atoms with E-state index in [0.29, 0.717) is 10.9 Å². The minimum absolute atomic E-state index is 0.233. The molecular formula is C26H17FO4. The molecule has 0 spiro atoms. The monoisotopic (exact) mass is 412 g/mol. The van der Waals surface area contributed by atoms with Crippen LogP contribution in [0.2, 0.25) is 0 Å². The Hall–Kier alpha value is -4.25. The topological polar surface area (TPSA) is 52.6 Å². The Morgan fingerprint density at radius 1 is 0.710 bits per heavy atom. The average molecular weight is 412 g/mol. The minimum atomic E-state index is -0.681. The van der Waals surface area contributed by atoms with Gasteiger partial charge < -0.3 is 9.47 Å². The molecule has 0 aromatic heterocycles. The molecule has 0 atom stereocenters. The van der Waals surface area contributed by atoms with E-state index in [1.165, 1.54) is 12.1 Å². The van der Waals surface area contributed by atoms with Crippen molar-refractivity contribution >= 4 is 28.8 Å². The van der Waals surface area contributed by atoms with Crippen molar-refractivity contribution in [2.75, 3.05) is 0 Å². The van der Waals surface area contributed by atoms with Gasteiger partial charge in [-0.1, -0.05) is 60.7 Å². The molecule has 0 heterocycles. The highest BCUT2D eigenvalue weighted by molar-refractivity contribution is 6.00. The van der Waals surface area contributed by atoms with E-state index in [9.17, 15) is 14.0 Å². The number of halogens is 1. The summed E-state index contributed by atoms with van der Waals surface area (Å²) in [5.41, 5.74) is 0.677. The fourth-order valence-electron chi connectivity index (χ4n) is 3.09. The maximum absolute atomic E-state index is 13.7. The molecule has 0 saturated heterocycles. The fraction of sp³-hybridized carbons (Fsp3) is 0. The van der Waals surface area contributed by atoms with Crippen molar-refractivity contribution in [3.05, 3.63) is 114 Å². The molecule has 4 aromatic rings. The van der Waals surface area contributed by atoms with Crippen LogP contribution in [0, 0.1) is 5.82 Å². The first-order valence-corrected chi connectivity index (χ1v) is 9.55. The highest BCUT2D eigenvalue weighted by atomic mass is 19.1. The van der Waals surface area contributed by atoms with E-state index in [1.54, 1.807) is 72.8 Å². The van der Waals surface area contributed by atoms with E-state index in [1.807, 2.05) is 12.1 Å². The van der Waals surface area contributed by atoms with Crippen LogP contribution in [0.5, 0.6) is 11.5 Å². The van der Waals surface area contributed by atoms with Gasteiger partial charge in [-0.15, -0.1) is 0 Å². The van der Waals surface area contributed by atoms with E-state index >= 15 is 0 Å². The van der Waals surface area contributed by atoms with Crippen LogP contribution in [0.3, 0.4) is 0 Å². The molecule has 0 unspecified atom stereocenters. The van der Waals surface area contributed by atoms with Crippen LogP contribution >= 0.6 is 0 Å². The van der Waals surface area contributed by atoms with Gasteiger partial charge in [-0.2, -0.15) is 0 Å². The largest absolute Gasteiger partial charge is 0.423 e. The first kappa shape index (κ1) is 20.0. The van der Waals surface area contributed by atoms with Crippen LogP contribution in [0.15, 0.2) is 97.1 Å². The van der Waals surface area contributed by atoms with Gasteiger partial charge in [0.25, 0.3) is 0 Å². The van der Waals surface area contributed by atoms with Crippen molar-refractivity contribution in [3.63, 3.8) is 0 Å². The van der Waals surface area contributed by atoms with Crippen LogP contribution in [0.25, 0.3) is 16.8 Å². The SMILES string of the molecule is O=C(C=Cc1ccccc1F)Oc1cccc2cccc(OC(=O)c3ccccc3)c12. The number of ether oxygens (including phenoxy) is 2. The molecule has 0 radical (unpaired) electrons. The maximum Gasteiger partial charge on any atom is 0.343 e. The van der Waals surface area contributed by atoms with E-state index < -0.39 is 17.8 Å². The Balaban J connectivity index is 1.62. The molecule has 4 rings (SSSR count). The van der Waals surface area contributed by atoms with E-state index in [-0.39, 0.29) is 17.1 Å². The Bertz CT molecular complexity index is 1270. The summed E-state index contributed by atoms with van der Waals surface area (Å²) >= 11 is 0. The van der Waals surface area contributed by atoms with Crippen molar-refractivity contribution in [2.24, 2.45) is 0 Å². The Morgan fingerprint density at radius 3 is 2.06 bits per heavy atom. The van der Waals surface area contributed by atoms with Gasteiger partial charge >= 0.3 is 11.9 Å². The van der Waals surface area contributed by atoms with Crippen molar-refractivity contribution in [1.29, 1.82) is 0 Å². The molecule has 0 N–H and O–H groups in total. The lowest BCUT2D eigenvalue weighted by molar-refractivity contribution is -0.128. The molecule has 0 amide bonds. The van der Waals surface area contributed by atoms with E-state index in [2.05, 4.69) is 0 Å². The molecule has 0 aliphatic heterocycles. The van der Waals surface area contributed by atoms with Gasteiger partial charge in [0.05, 0.1) is 10.9 Å². The number of benzene rings is 4. The summed E-state index contributed by atoms with van der Waals surface area (Å²) in [7, 11) is 0. The molecule has 0 saturated carbocycles. The summed E-state index contributed by atoms with van der Waals surface area (Å²) in [6.45, 7) is 0. The highest BCUT2D eigenvalue weighted by Crippen LogP contribution is 2.34. The van der Waals surface area contributed by atoms with Crippen molar-refractivity contribution in [2.45, 2.75) is 0 Å². The van der Waals surface area contributed by atoms with Crippen LogP contribution < -0.4 is 9.47 Å². The zero-order valence-corrected chi connectivity index (χ0v) is 16.3. The number of hydrogen-bond donors (Lipinski definition) is 0. The summed E-state index contributed by atoms with van der Waals surface area (Å²) in [6, 6.07) is 25.1. The van der Waals surface area contributed by atoms with Gasteiger partial charge in [0.1, 0.15) is 17.3 Å². The normalized spacial score (nSPS) is 10.9. The third-order valence-electron chi connectivity index (χ3n) is 4.56. The zero-order chi connectivity index (χ0) is 21.6. The second-order valence-corrected chi connectivity index (χ2v) is 6.64. The number of carbonyl (C=O) groups is 2. The Labute approximate surface area is 178 Å². The van der Waals surface area contributed by atoms with Crippen molar-refractivity contribution < 1.29 is 23.5 Å². The number of hydrogen-bond acceptors (Lipinski definition) is 4. The van der Waals surface area contributed by atoms with Crippen molar-refractivity contribution in [1.82, 2.24) is 0 Å². The first-order valence-electron chi connectivity index (χ1n) is 9.55. The summed E-state index contributed by atoms with van der Waals surface area (Å²) in [5.74, 6) is -1.13. The fourth-order valence-corrected chi connectivity index (χ4v) is 3.09. The predicted molar refractivity (Wildman–Crippen MR) is 116 cm³/mol. The minimum Gasteiger partial charge on any atom is -0.423 e. The molecule has 0 aliphatic carbocycles. The molecule has 0 fully saturated rings. The third-order valence-corrected chi connectivity index (χ3v) is 4.56. The van der Waals surface area contributed by atoms with Crippen LogP contribution in [-0.2, 0) is 4.79 Å². The van der Waals surface area contributed by atoms with Gasteiger partial charge in [-0.25, -0.2) is 14.0 Å². The van der Waals surface area contributed by atoms with Crippen molar-refractivity contribution in [3.8, 4) is 11.5 Å². The van der Waals surface area contributed by atoms with E-state index in [0.717, 1.165) is 11.5 Å². The molecule has 4 aromatic carbocycles. The second-order valence-electron chi connectivity index (χ2n) is 6.64. The van der Waals surface area contributed by atoms with Gasteiger partial charge in [0, 0.05) is 11.6 Å². The smallest absolute Gasteiger partial charge is 0.343 e. The highest BCUT2D eigenvalue weighted by Gasteiger charge is 2.15. The average Bonchev–Trinajstić information content (AvgIpc) is 2.79. The van der Waals surface area contributed by atoms with Crippen LogP contribution in [0.4, 0.5) is 4.39 Å². The molecule has 5 heteroatoms. The number of carbonyl (C=O) groups excluding carboxylic acids is 2. The molecule has 31 heavy (non-hydrogen) atoms. The number of fused-ring (bicyclic) bond motifs is 1. The predicted octanol–water partition coefficient (Wildman–Crippen LogP) is 5.82. The van der Waals surface area contributed by atoms with Crippen LogP contribution in [0.1, 0.15) is 15.9 Å². The lowest BCUT2D eigenvalue weighted by Gasteiger charge is -2.11. The summed E-state index contributed by atoms with van der Waals surface area (Å²) in [6.07, 6.45) is 2.50. The standard InChI is InChI=1S/C26H17FO4/c27-21-13-5-4-8-18(21)16-17-24(28)30-22-14-6-11-19-12-7-15-23(25(19)22)31-26(29)20-9-2-1-3-10-20/h1-17H. The van der Waals surface area contributed by atoms with Gasteiger partial charge in [-0.05, 0) is 41.8 Å². The van der Waals surface area contributed by atoms with Gasteiger partial charge in [-0.3, -0.25) is 0 Å². The Morgan fingerprint density at radius 2 is 1.35 bits per heavy atom. The molecule has 0 bridgehead atoms. The second kappa shape index (κ2) is 9.05. The summed E-state index contributed by atoms with van der Waals surface area (Å²) in [5, 5.41) is 1.23. The molecule has 0 aliphatic rings. The number of rotatable bonds is 5. The molecule has 152 valence electrons.